The molecule has 0 bridgehead atoms. The maximum absolute atomic E-state index is 12.5. The van der Waals surface area contributed by atoms with Gasteiger partial charge in [0.25, 0.3) is 5.91 Å². The standard InChI is InChI=1S/C20H25N3O2/c1-15-9-18(11-21-10-15)20(25)22-19-13-23(8-7-17(19)14-24)12-16-5-3-2-4-6-16/h2-6,9-11,17,19,24H,7-8,12-14H2,1H3,(H,22,25)/t17-,19-/m0/s1. The van der Waals surface area contributed by atoms with E-state index in [2.05, 4.69) is 27.3 Å². The maximum Gasteiger partial charge on any atom is 0.253 e. The van der Waals surface area contributed by atoms with E-state index in [1.54, 1.807) is 12.4 Å². The molecule has 0 spiro atoms. The van der Waals surface area contributed by atoms with Gasteiger partial charge in [-0.05, 0) is 37.1 Å². The molecule has 0 radical (unpaired) electrons. The lowest BCUT2D eigenvalue weighted by atomic mass is 9.91. The Morgan fingerprint density at radius 3 is 2.84 bits per heavy atom. The molecule has 2 N–H and O–H groups in total. The second-order valence-electron chi connectivity index (χ2n) is 6.78. The monoisotopic (exact) mass is 339 g/mol. The van der Waals surface area contributed by atoms with E-state index in [1.807, 2.05) is 31.2 Å². The highest BCUT2D eigenvalue weighted by Gasteiger charge is 2.30. The summed E-state index contributed by atoms with van der Waals surface area (Å²) in [6, 6.07) is 12.1. The molecule has 2 aromatic rings. The van der Waals surface area contributed by atoms with E-state index in [-0.39, 0.29) is 24.5 Å². The number of carbonyl (C=O) groups excluding carboxylic acids is 1. The van der Waals surface area contributed by atoms with Gasteiger partial charge in [0, 0.05) is 44.0 Å². The summed E-state index contributed by atoms with van der Waals surface area (Å²) in [6.45, 7) is 4.54. The fourth-order valence-electron chi connectivity index (χ4n) is 3.37. The average Bonchev–Trinajstić information content (AvgIpc) is 2.63. The van der Waals surface area contributed by atoms with Crippen LogP contribution in [0.15, 0.2) is 48.8 Å². The number of pyridine rings is 1. The van der Waals surface area contributed by atoms with Crippen LogP contribution in [0.5, 0.6) is 0 Å². The van der Waals surface area contributed by atoms with Crippen LogP contribution in [0.25, 0.3) is 0 Å². The zero-order valence-electron chi connectivity index (χ0n) is 14.6. The molecule has 1 amide bonds. The number of likely N-dealkylation sites (tertiary alicyclic amines) is 1. The van der Waals surface area contributed by atoms with Crippen LogP contribution in [0, 0.1) is 12.8 Å². The number of piperidine rings is 1. The molecule has 1 saturated heterocycles. The van der Waals surface area contributed by atoms with Crippen molar-refractivity contribution in [2.75, 3.05) is 19.7 Å². The zero-order valence-corrected chi connectivity index (χ0v) is 14.6. The minimum Gasteiger partial charge on any atom is -0.396 e. The lowest BCUT2D eigenvalue weighted by molar-refractivity contribution is 0.0730. The number of carbonyl (C=O) groups is 1. The summed E-state index contributed by atoms with van der Waals surface area (Å²) in [5.41, 5.74) is 2.79. The Labute approximate surface area is 148 Å². The van der Waals surface area contributed by atoms with Gasteiger partial charge in [-0.1, -0.05) is 30.3 Å². The molecule has 5 heteroatoms. The summed E-state index contributed by atoms with van der Waals surface area (Å²) < 4.78 is 0. The summed E-state index contributed by atoms with van der Waals surface area (Å²) in [4.78, 5) is 19.0. The van der Waals surface area contributed by atoms with Crippen molar-refractivity contribution >= 4 is 5.91 Å². The van der Waals surface area contributed by atoms with Gasteiger partial charge in [0.05, 0.1) is 5.56 Å². The predicted octanol–water partition coefficient (Wildman–Crippen LogP) is 2.00. The van der Waals surface area contributed by atoms with Gasteiger partial charge in [-0.2, -0.15) is 0 Å². The van der Waals surface area contributed by atoms with Crippen molar-refractivity contribution in [1.82, 2.24) is 15.2 Å². The number of aliphatic hydroxyl groups excluding tert-OH is 1. The Morgan fingerprint density at radius 1 is 1.32 bits per heavy atom. The molecular formula is C20H25N3O2. The van der Waals surface area contributed by atoms with E-state index in [0.717, 1.165) is 31.6 Å². The van der Waals surface area contributed by atoms with Crippen LogP contribution in [0.1, 0.15) is 27.9 Å². The molecule has 1 aliphatic heterocycles. The number of hydrogen-bond donors (Lipinski definition) is 2. The first-order valence-electron chi connectivity index (χ1n) is 8.75. The summed E-state index contributed by atoms with van der Waals surface area (Å²) in [5.74, 6) is -0.0325. The molecule has 132 valence electrons. The molecule has 0 aliphatic carbocycles. The fraction of sp³-hybridized carbons (Fsp3) is 0.400. The Kier molecular flexibility index (Phi) is 5.79. The van der Waals surface area contributed by atoms with E-state index in [1.165, 1.54) is 5.56 Å². The molecular weight excluding hydrogens is 314 g/mol. The second kappa shape index (κ2) is 8.23. The minimum atomic E-state index is -0.124. The Morgan fingerprint density at radius 2 is 2.12 bits per heavy atom. The molecule has 0 saturated carbocycles. The van der Waals surface area contributed by atoms with Crippen LogP contribution in [0.4, 0.5) is 0 Å². The predicted molar refractivity (Wildman–Crippen MR) is 97.1 cm³/mol. The number of amides is 1. The number of rotatable bonds is 5. The van der Waals surface area contributed by atoms with Crippen molar-refractivity contribution in [1.29, 1.82) is 0 Å². The topological polar surface area (TPSA) is 65.5 Å². The van der Waals surface area contributed by atoms with Gasteiger partial charge >= 0.3 is 0 Å². The number of nitrogens with one attached hydrogen (secondary N) is 1. The Bertz CT molecular complexity index is 705. The molecule has 3 rings (SSSR count). The number of aliphatic hydroxyl groups is 1. The van der Waals surface area contributed by atoms with Crippen molar-refractivity contribution in [3.63, 3.8) is 0 Å². The largest absolute Gasteiger partial charge is 0.396 e. The summed E-state index contributed by atoms with van der Waals surface area (Å²) in [6.07, 6.45) is 4.19. The Hall–Kier alpha value is -2.24. The summed E-state index contributed by atoms with van der Waals surface area (Å²) >= 11 is 0. The molecule has 1 aromatic carbocycles. The smallest absolute Gasteiger partial charge is 0.253 e. The average molecular weight is 339 g/mol. The third kappa shape index (κ3) is 4.65. The number of hydrogen-bond acceptors (Lipinski definition) is 4. The molecule has 0 unspecified atom stereocenters. The minimum absolute atomic E-state index is 0.0597. The third-order valence-corrected chi connectivity index (χ3v) is 4.78. The normalized spacial score (nSPS) is 21.0. The first-order chi connectivity index (χ1) is 12.2. The van der Waals surface area contributed by atoms with Gasteiger partial charge < -0.3 is 10.4 Å². The van der Waals surface area contributed by atoms with Gasteiger partial charge in [-0.15, -0.1) is 0 Å². The Balaban J connectivity index is 1.65. The molecule has 5 nitrogen and oxygen atoms in total. The van der Waals surface area contributed by atoms with E-state index < -0.39 is 0 Å². The molecule has 2 heterocycles. The second-order valence-corrected chi connectivity index (χ2v) is 6.78. The SMILES string of the molecule is Cc1cncc(C(=O)N[C@H]2CN(Cc3ccccc3)CC[C@H]2CO)c1. The summed E-state index contributed by atoms with van der Waals surface area (Å²) in [5, 5.41) is 12.8. The number of aryl methyl sites for hydroxylation is 1. The maximum atomic E-state index is 12.5. The first-order valence-corrected chi connectivity index (χ1v) is 8.75. The van der Waals surface area contributed by atoms with Crippen molar-refractivity contribution in [3.8, 4) is 0 Å². The highest BCUT2D eigenvalue weighted by atomic mass is 16.3. The first kappa shape index (κ1) is 17.6. The van der Waals surface area contributed by atoms with E-state index in [0.29, 0.717) is 5.56 Å². The lowest BCUT2D eigenvalue weighted by Crippen LogP contribution is -2.53. The van der Waals surface area contributed by atoms with Crippen molar-refractivity contribution in [3.05, 3.63) is 65.5 Å². The quantitative estimate of drug-likeness (QED) is 0.874. The van der Waals surface area contributed by atoms with Crippen molar-refractivity contribution in [2.24, 2.45) is 5.92 Å². The van der Waals surface area contributed by atoms with Gasteiger partial charge in [0.1, 0.15) is 0 Å². The van der Waals surface area contributed by atoms with Gasteiger partial charge in [-0.25, -0.2) is 0 Å². The number of benzene rings is 1. The third-order valence-electron chi connectivity index (χ3n) is 4.78. The van der Waals surface area contributed by atoms with E-state index >= 15 is 0 Å². The van der Waals surface area contributed by atoms with E-state index in [4.69, 9.17) is 0 Å². The number of nitrogens with zero attached hydrogens (tertiary/aromatic N) is 2. The molecule has 1 aromatic heterocycles. The molecule has 2 atom stereocenters. The van der Waals surface area contributed by atoms with Crippen LogP contribution in [-0.4, -0.2) is 46.6 Å². The van der Waals surface area contributed by atoms with Crippen LogP contribution in [0.3, 0.4) is 0 Å². The van der Waals surface area contributed by atoms with Crippen LogP contribution in [0.2, 0.25) is 0 Å². The van der Waals surface area contributed by atoms with Gasteiger partial charge in [0.15, 0.2) is 0 Å². The van der Waals surface area contributed by atoms with Crippen LogP contribution in [-0.2, 0) is 6.54 Å². The van der Waals surface area contributed by atoms with Crippen LogP contribution >= 0.6 is 0 Å². The highest BCUT2D eigenvalue weighted by Crippen LogP contribution is 2.20. The van der Waals surface area contributed by atoms with E-state index in [9.17, 15) is 9.90 Å². The van der Waals surface area contributed by atoms with Crippen molar-refractivity contribution < 1.29 is 9.90 Å². The molecule has 25 heavy (non-hydrogen) atoms. The number of aromatic nitrogens is 1. The summed E-state index contributed by atoms with van der Waals surface area (Å²) in [7, 11) is 0. The van der Waals surface area contributed by atoms with Gasteiger partial charge in [-0.3, -0.25) is 14.7 Å². The van der Waals surface area contributed by atoms with Crippen molar-refractivity contribution in [2.45, 2.75) is 25.9 Å². The van der Waals surface area contributed by atoms with Gasteiger partial charge in [0.2, 0.25) is 0 Å². The highest BCUT2D eigenvalue weighted by molar-refractivity contribution is 5.94. The molecule has 1 aliphatic rings. The van der Waals surface area contributed by atoms with Crippen LogP contribution < -0.4 is 5.32 Å². The zero-order chi connectivity index (χ0) is 17.6. The molecule has 1 fully saturated rings. The lowest BCUT2D eigenvalue weighted by Gasteiger charge is -2.38. The fourth-order valence-corrected chi connectivity index (χ4v) is 3.37.